The van der Waals surface area contributed by atoms with E-state index in [0.29, 0.717) is 11.3 Å². The van der Waals surface area contributed by atoms with Gasteiger partial charge in [0.25, 0.3) is 0 Å². The maximum atomic E-state index is 10.2. The molecule has 60 valence electrons. The molecule has 0 N–H and O–H groups in total. The summed E-state index contributed by atoms with van der Waals surface area (Å²) in [6, 6.07) is 0. The number of hydrogen-bond donors (Lipinski definition) is 0. The first-order chi connectivity index (χ1) is 4.59. The van der Waals surface area contributed by atoms with Crippen LogP contribution in [-0.4, -0.2) is 23.8 Å². The fourth-order valence-electron chi connectivity index (χ4n) is 1.10. The van der Waals surface area contributed by atoms with Crippen molar-refractivity contribution in [3.8, 4) is 0 Å². The van der Waals surface area contributed by atoms with Gasteiger partial charge >= 0.3 is 0 Å². The quantitative estimate of drug-likeness (QED) is 0.456. The van der Waals surface area contributed by atoms with Gasteiger partial charge in [-0.15, -0.1) is 0 Å². The van der Waals surface area contributed by atoms with Crippen molar-refractivity contribution >= 4 is 14.2 Å². The third-order valence-corrected chi connectivity index (χ3v) is 4.84. The first kappa shape index (κ1) is 10.1. The molecule has 0 radical (unpaired) electrons. The fourth-order valence-corrected chi connectivity index (χ4v) is 3.31. The van der Waals surface area contributed by atoms with Gasteiger partial charge in [0.2, 0.25) is 0 Å². The molecule has 0 aliphatic rings. The lowest BCUT2D eigenvalue weighted by molar-refractivity contribution is -0.105. The molecule has 0 aromatic heterocycles. The van der Waals surface area contributed by atoms with Gasteiger partial charge in [0.15, 0.2) is 0 Å². The lowest BCUT2D eigenvalue weighted by Gasteiger charge is -2.22. The third-order valence-electron chi connectivity index (χ3n) is 1.61. The Labute approximate surface area is 65.0 Å². The van der Waals surface area contributed by atoms with Crippen molar-refractivity contribution in [3.05, 3.63) is 0 Å². The van der Waals surface area contributed by atoms with Gasteiger partial charge in [-0.1, -0.05) is 35.6 Å². The van der Waals surface area contributed by atoms with Crippen molar-refractivity contribution in [2.24, 2.45) is 0 Å². The Morgan fingerprint density at radius 2 is 1.60 bits per heavy atom. The number of rotatable bonds is 4. The second-order valence-electron chi connectivity index (χ2n) is 3.05. The van der Waals surface area contributed by atoms with E-state index in [-0.39, 0.29) is 7.92 Å². The number of carbonyl (C=O) groups is 1. The van der Waals surface area contributed by atoms with E-state index in [0.717, 1.165) is 12.4 Å². The molecule has 0 fully saturated rings. The maximum absolute atomic E-state index is 10.2. The predicted molar refractivity (Wildman–Crippen MR) is 48.1 cm³/mol. The monoisotopic (exact) mass is 160 g/mol. The summed E-state index contributed by atoms with van der Waals surface area (Å²) in [6.45, 7) is 8.81. The van der Waals surface area contributed by atoms with E-state index in [1.54, 1.807) is 0 Å². The van der Waals surface area contributed by atoms with Gasteiger partial charge in [-0.2, -0.15) is 0 Å². The molecule has 1 nitrogen and oxygen atoms in total. The lowest BCUT2D eigenvalue weighted by atomic mass is 10.5. The van der Waals surface area contributed by atoms with E-state index in [4.69, 9.17) is 0 Å². The maximum Gasteiger partial charge on any atom is 0.124 e. The molecule has 0 spiro atoms. The molecule has 0 rings (SSSR count). The summed E-state index contributed by atoms with van der Waals surface area (Å²) < 4.78 is 0. The second-order valence-corrected chi connectivity index (χ2v) is 6.51. The van der Waals surface area contributed by atoms with E-state index in [9.17, 15) is 4.79 Å². The van der Waals surface area contributed by atoms with E-state index in [1.165, 1.54) is 0 Å². The molecule has 0 aliphatic heterocycles. The molecule has 0 heterocycles. The van der Waals surface area contributed by atoms with Gasteiger partial charge < -0.3 is 4.79 Å². The zero-order valence-corrected chi connectivity index (χ0v) is 8.19. The Morgan fingerprint density at radius 3 is 1.70 bits per heavy atom. The molecule has 0 aromatic rings. The van der Waals surface area contributed by atoms with Crippen LogP contribution in [0.15, 0.2) is 0 Å². The van der Waals surface area contributed by atoms with Crippen LogP contribution in [0.1, 0.15) is 27.7 Å². The number of carbonyl (C=O) groups excluding carboxylic acids is 1. The van der Waals surface area contributed by atoms with Crippen LogP contribution < -0.4 is 0 Å². The highest BCUT2D eigenvalue weighted by molar-refractivity contribution is 7.59. The lowest BCUT2D eigenvalue weighted by Crippen LogP contribution is -2.06. The Morgan fingerprint density at radius 1 is 1.20 bits per heavy atom. The summed E-state index contributed by atoms with van der Waals surface area (Å²) in [4.78, 5) is 10.2. The Hall–Kier alpha value is 0.100. The topological polar surface area (TPSA) is 17.1 Å². The first-order valence-corrected chi connectivity index (χ1v) is 5.45. The zero-order valence-electron chi connectivity index (χ0n) is 7.29. The van der Waals surface area contributed by atoms with E-state index >= 15 is 0 Å². The smallest absolute Gasteiger partial charge is 0.124 e. The average Bonchev–Trinajstić information content (AvgIpc) is 1.81. The first-order valence-electron chi connectivity index (χ1n) is 3.79. The van der Waals surface area contributed by atoms with Gasteiger partial charge in [0.05, 0.1) is 0 Å². The highest BCUT2D eigenvalue weighted by atomic mass is 31.1. The molecular weight excluding hydrogens is 143 g/mol. The SMILES string of the molecule is CC(C)P(CC=O)C(C)C. The van der Waals surface area contributed by atoms with Gasteiger partial charge in [-0.3, -0.25) is 0 Å². The van der Waals surface area contributed by atoms with Gasteiger partial charge in [-0.25, -0.2) is 0 Å². The van der Waals surface area contributed by atoms with Gasteiger partial charge in [0, 0.05) is 6.16 Å². The molecule has 0 amide bonds. The number of aldehydes is 1. The summed E-state index contributed by atoms with van der Waals surface area (Å²) in [5.74, 6) is 0. The van der Waals surface area contributed by atoms with Crippen molar-refractivity contribution in [1.82, 2.24) is 0 Å². The molecule has 0 saturated heterocycles. The third kappa shape index (κ3) is 3.31. The molecule has 2 heteroatoms. The highest BCUT2D eigenvalue weighted by Gasteiger charge is 2.14. The van der Waals surface area contributed by atoms with Gasteiger partial charge in [0.1, 0.15) is 6.29 Å². The van der Waals surface area contributed by atoms with Crippen molar-refractivity contribution < 1.29 is 4.79 Å². The van der Waals surface area contributed by atoms with Crippen LogP contribution in [0.25, 0.3) is 0 Å². The standard InChI is InChI=1S/C8H17OP/c1-7(2)10(6-5-9)8(3)4/h5,7-8H,6H2,1-4H3. The van der Waals surface area contributed by atoms with Gasteiger partial charge in [-0.05, 0) is 11.3 Å². The molecule has 0 aliphatic carbocycles. The minimum atomic E-state index is -0.0468. The molecule has 0 saturated carbocycles. The van der Waals surface area contributed by atoms with E-state index in [1.807, 2.05) is 0 Å². The highest BCUT2D eigenvalue weighted by Crippen LogP contribution is 2.44. The summed E-state index contributed by atoms with van der Waals surface area (Å²) in [7, 11) is -0.0468. The summed E-state index contributed by atoms with van der Waals surface area (Å²) >= 11 is 0. The van der Waals surface area contributed by atoms with E-state index in [2.05, 4.69) is 27.7 Å². The minimum Gasteiger partial charge on any atom is -0.303 e. The van der Waals surface area contributed by atoms with Crippen molar-refractivity contribution in [2.45, 2.75) is 39.0 Å². The molecule has 0 bridgehead atoms. The van der Waals surface area contributed by atoms with Crippen LogP contribution in [0.5, 0.6) is 0 Å². The molecular formula is C8H17OP. The Bertz CT molecular complexity index is 91.4. The molecule has 0 unspecified atom stereocenters. The zero-order chi connectivity index (χ0) is 8.15. The van der Waals surface area contributed by atoms with Crippen LogP contribution in [0.2, 0.25) is 0 Å². The molecule has 0 aromatic carbocycles. The molecule has 0 atom stereocenters. The van der Waals surface area contributed by atoms with Crippen LogP contribution in [0.3, 0.4) is 0 Å². The minimum absolute atomic E-state index is 0.0468. The van der Waals surface area contributed by atoms with Crippen LogP contribution in [0.4, 0.5) is 0 Å². The number of hydrogen-bond acceptors (Lipinski definition) is 1. The normalized spacial score (nSPS) is 11.5. The average molecular weight is 160 g/mol. The fraction of sp³-hybridized carbons (Fsp3) is 0.875. The van der Waals surface area contributed by atoms with Crippen molar-refractivity contribution in [3.63, 3.8) is 0 Å². The largest absolute Gasteiger partial charge is 0.303 e. The van der Waals surface area contributed by atoms with Crippen molar-refractivity contribution in [1.29, 1.82) is 0 Å². The predicted octanol–water partition coefficient (Wildman–Crippen LogP) is 2.48. The van der Waals surface area contributed by atoms with E-state index < -0.39 is 0 Å². The molecule has 10 heavy (non-hydrogen) atoms. The van der Waals surface area contributed by atoms with Crippen LogP contribution in [0, 0.1) is 0 Å². The summed E-state index contributed by atoms with van der Waals surface area (Å²) in [5.41, 5.74) is 1.39. The second kappa shape index (κ2) is 4.85. The summed E-state index contributed by atoms with van der Waals surface area (Å²) in [6.07, 6.45) is 1.84. The van der Waals surface area contributed by atoms with Crippen LogP contribution >= 0.6 is 7.92 Å². The van der Waals surface area contributed by atoms with Crippen molar-refractivity contribution in [2.75, 3.05) is 6.16 Å². The Balaban J connectivity index is 3.84. The Kier molecular flexibility index (Phi) is 4.89. The summed E-state index contributed by atoms with van der Waals surface area (Å²) in [5, 5.41) is 0. The van der Waals surface area contributed by atoms with Crippen LogP contribution in [-0.2, 0) is 4.79 Å².